The normalized spacial score (nSPS) is 10.6. The van der Waals surface area contributed by atoms with Crippen molar-refractivity contribution in [2.45, 2.75) is 0 Å². The fourth-order valence-electron chi connectivity index (χ4n) is 2.88. The lowest BCUT2D eigenvalue weighted by molar-refractivity contribution is 0.0731. The Hall–Kier alpha value is -3.86. The van der Waals surface area contributed by atoms with Crippen molar-refractivity contribution in [3.8, 4) is 22.8 Å². The van der Waals surface area contributed by atoms with Gasteiger partial charge in [-0.2, -0.15) is 0 Å². The number of carbonyl (C=O) groups is 1. The predicted molar refractivity (Wildman–Crippen MR) is 106 cm³/mol. The highest BCUT2D eigenvalue weighted by Crippen LogP contribution is 2.32. The number of hydrogen-bond donors (Lipinski definition) is 0. The number of hydrogen-bond acceptors (Lipinski definition) is 5. The van der Waals surface area contributed by atoms with Gasteiger partial charge in [0.1, 0.15) is 11.3 Å². The van der Waals surface area contributed by atoms with Crippen LogP contribution in [0.2, 0.25) is 0 Å². The largest absolute Gasteiger partial charge is 0.497 e. The van der Waals surface area contributed by atoms with E-state index in [9.17, 15) is 9.59 Å². The number of fused-ring (bicyclic) bond motifs is 1. The molecule has 4 rings (SSSR count). The first-order chi connectivity index (χ1) is 13.7. The summed E-state index contributed by atoms with van der Waals surface area (Å²) in [5, 5.41) is 0.343. The summed E-state index contributed by atoms with van der Waals surface area (Å²) in [7, 11) is 1.57. The van der Waals surface area contributed by atoms with Crippen molar-refractivity contribution in [2.75, 3.05) is 7.11 Å². The van der Waals surface area contributed by atoms with Crippen LogP contribution in [0, 0.1) is 0 Å². The van der Waals surface area contributed by atoms with Gasteiger partial charge in [0.05, 0.1) is 18.1 Å². The molecular weight excluding hydrogens is 356 g/mol. The Morgan fingerprint density at radius 2 is 1.54 bits per heavy atom. The predicted octanol–water partition coefficient (Wildman–Crippen LogP) is 4.69. The Balaban J connectivity index is 1.88. The number of ether oxygens (including phenoxy) is 2. The summed E-state index contributed by atoms with van der Waals surface area (Å²) < 4.78 is 16.6. The third-order valence-electron chi connectivity index (χ3n) is 4.31. The first-order valence-corrected chi connectivity index (χ1v) is 8.65. The molecule has 0 N–H and O–H groups in total. The van der Waals surface area contributed by atoms with Gasteiger partial charge in [0, 0.05) is 5.56 Å². The third kappa shape index (κ3) is 3.25. The van der Waals surface area contributed by atoms with Crippen LogP contribution in [0.15, 0.2) is 88.1 Å². The summed E-state index contributed by atoms with van der Waals surface area (Å²) in [5.74, 6) is 0.0843. The van der Waals surface area contributed by atoms with Crippen LogP contribution >= 0.6 is 0 Å². The summed E-state index contributed by atoms with van der Waals surface area (Å²) in [6, 6.07) is 22.3. The third-order valence-corrected chi connectivity index (χ3v) is 4.31. The smallest absolute Gasteiger partial charge is 0.343 e. The molecule has 0 aliphatic heterocycles. The Kier molecular flexibility index (Phi) is 4.64. The van der Waals surface area contributed by atoms with Gasteiger partial charge in [-0.1, -0.05) is 30.3 Å². The summed E-state index contributed by atoms with van der Waals surface area (Å²) in [6.07, 6.45) is 0. The minimum Gasteiger partial charge on any atom is -0.497 e. The van der Waals surface area contributed by atoms with Gasteiger partial charge in [0.15, 0.2) is 5.76 Å². The van der Waals surface area contributed by atoms with Crippen molar-refractivity contribution >= 4 is 16.9 Å². The zero-order valence-electron chi connectivity index (χ0n) is 15.0. The van der Waals surface area contributed by atoms with E-state index >= 15 is 0 Å². The molecule has 5 nitrogen and oxygen atoms in total. The quantitative estimate of drug-likeness (QED) is 0.486. The van der Waals surface area contributed by atoms with Crippen molar-refractivity contribution in [3.63, 3.8) is 0 Å². The summed E-state index contributed by atoms with van der Waals surface area (Å²) in [5.41, 5.74) is 0.949. The highest BCUT2D eigenvalue weighted by molar-refractivity contribution is 5.92. The topological polar surface area (TPSA) is 65.7 Å². The lowest BCUT2D eigenvalue weighted by atomic mass is 10.1. The van der Waals surface area contributed by atoms with Gasteiger partial charge in [-0.05, 0) is 48.5 Å². The summed E-state index contributed by atoms with van der Waals surface area (Å²) in [4.78, 5) is 25.6. The molecule has 5 heteroatoms. The lowest BCUT2D eigenvalue weighted by Crippen LogP contribution is -2.16. The van der Waals surface area contributed by atoms with Crippen molar-refractivity contribution in [3.05, 3.63) is 94.6 Å². The Labute approximate surface area is 160 Å². The van der Waals surface area contributed by atoms with E-state index in [1.807, 2.05) is 0 Å². The molecule has 0 atom stereocenters. The second-order valence-corrected chi connectivity index (χ2v) is 6.07. The molecule has 28 heavy (non-hydrogen) atoms. The number of carbonyl (C=O) groups excluding carboxylic acids is 1. The fourth-order valence-corrected chi connectivity index (χ4v) is 2.88. The standard InChI is InChI=1S/C23H16O5/c1-26-17-13-11-15(12-14-17)21-22(28-23(25)16-7-3-2-4-8-16)20(24)18-9-5-6-10-19(18)27-21/h2-14H,1H3. The molecule has 0 saturated carbocycles. The van der Waals surface area contributed by atoms with Gasteiger partial charge in [-0.3, -0.25) is 4.79 Å². The minimum absolute atomic E-state index is 0.141. The molecule has 4 aromatic rings. The maximum atomic E-state index is 13.1. The van der Waals surface area contributed by atoms with Crippen molar-refractivity contribution in [1.29, 1.82) is 0 Å². The monoisotopic (exact) mass is 372 g/mol. The highest BCUT2D eigenvalue weighted by Gasteiger charge is 2.21. The second kappa shape index (κ2) is 7.40. The van der Waals surface area contributed by atoms with Crippen molar-refractivity contribution in [1.82, 2.24) is 0 Å². The van der Waals surface area contributed by atoms with E-state index in [1.165, 1.54) is 0 Å². The molecule has 1 heterocycles. The zero-order chi connectivity index (χ0) is 19.5. The maximum absolute atomic E-state index is 13.1. The average molecular weight is 372 g/mol. The van der Waals surface area contributed by atoms with E-state index in [1.54, 1.807) is 86.0 Å². The van der Waals surface area contributed by atoms with E-state index in [4.69, 9.17) is 13.9 Å². The number of rotatable bonds is 4. The molecule has 0 amide bonds. The number of para-hydroxylation sites is 1. The van der Waals surface area contributed by atoms with Crippen molar-refractivity contribution in [2.24, 2.45) is 0 Å². The molecule has 138 valence electrons. The molecule has 0 radical (unpaired) electrons. The molecule has 1 aromatic heterocycles. The molecule has 0 bridgehead atoms. The van der Waals surface area contributed by atoms with Crippen LogP contribution in [0.4, 0.5) is 0 Å². The second-order valence-electron chi connectivity index (χ2n) is 6.07. The van der Waals surface area contributed by atoms with E-state index < -0.39 is 11.4 Å². The van der Waals surface area contributed by atoms with Gasteiger partial charge in [-0.15, -0.1) is 0 Å². The zero-order valence-corrected chi connectivity index (χ0v) is 15.0. The average Bonchev–Trinajstić information content (AvgIpc) is 2.76. The minimum atomic E-state index is -0.627. The van der Waals surface area contributed by atoms with E-state index in [-0.39, 0.29) is 11.5 Å². The van der Waals surface area contributed by atoms with Crippen molar-refractivity contribution < 1.29 is 18.7 Å². The molecule has 0 spiro atoms. The van der Waals surface area contributed by atoms with Crippen LogP contribution < -0.4 is 14.9 Å². The first-order valence-electron chi connectivity index (χ1n) is 8.65. The molecular formula is C23H16O5. The molecule has 0 aliphatic carbocycles. The number of benzene rings is 3. The van der Waals surface area contributed by atoms with E-state index in [0.29, 0.717) is 27.8 Å². The molecule has 0 aliphatic rings. The van der Waals surface area contributed by atoms with Gasteiger partial charge in [0.2, 0.25) is 11.2 Å². The number of esters is 1. The fraction of sp³-hybridized carbons (Fsp3) is 0.0435. The number of methoxy groups -OCH3 is 1. The van der Waals surface area contributed by atoms with Gasteiger partial charge in [0.25, 0.3) is 0 Å². The van der Waals surface area contributed by atoms with E-state index in [0.717, 1.165) is 0 Å². The van der Waals surface area contributed by atoms with Crippen LogP contribution in [0.3, 0.4) is 0 Å². The Bertz CT molecular complexity index is 1190. The maximum Gasteiger partial charge on any atom is 0.343 e. The van der Waals surface area contributed by atoms with Crippen LogP contribution in [0.1, 0.15) is 10.4 Å². The lowest BCUT2D eigenvalue weighted by Gasteiger charge is -2.11. The SMILES string of the molecule is COc1ccc(-c2oc3ccccc3c(=O)c2OC(=O)c2ccccc2)cc1. The van der Waals surface area contributed by atoms with Gasteiger partial charge < -0.3 is 13.9 Å². The van der Waals surface area contributed by atoms with Crippen LogP contribution in [-0.2, 0) is 0 Å². The van der Waals surface area contributed by atoms with Gasteiger partial charge >= 0.3 is 5.97 Å². The molecule has 3 aromatic carbocycles. The first kappa shape index (κ1) is 17.5. The molecule has 0 fully saturated rings. The Morgan fingerprint density at radius 3 is 2.25 bits per heavy atom. The van der Waals surface area contributed by atoms with E-state index in [2.05, 4.69) is 0 Å². The van der Waals surface area contributed by atoms with Crippen LogP contribution in [-0.4, -0.2) is 13.1 Å². The van der Waals surface area contributed by atoms with Crippen LogP contribution in [0.5, 0.6) is 11.5 Å². The van der Waals surface area contributed by atoms with Crippen LogP contribution in [0.25, 0.3) is 22.3 Å². The highest BCUT2D eigenvalue weighted by atomic mass is 16.5. The summed E-state index contributed by atoms with van der Waals surface area (Å²) in [6.45, 7) is 0. The summed E-state index contributed by atoms with van der Waals surface area (Å²) >= 11 is 0. The molecule has 0 saturated heterocycles. The van der Waals surface area contributed by atoms with Gasteiger partial charge in [-0.25, -0.2) is 4.79 Å². The molecule has 0 unspecified atom stereocenters. The Morgan fingerprint density at radius 1 is 0.857 bits per heavy atom.